The summed E-state index contributed by atoms with van der Waals surface area (Å²) in [5.74, 6) is -2.01. The van der Waals surface area contributed by atoms with Crippen molar-refractivity contribution >= 4 is 23.5 Å². The van der Waals surface area contributed by atoms with Gasteiger partial charge in [0.15, 0.2) is 0 Å². The number of carbonyl (C=O) groups is 3. The van der Waals surface area contributed by atoms with Gasteiger partial charge in [-0.2, -0.15) is 0 Å². The van der Waals surface area contributed by atoms with Gasteiger partial charge in [-0.25, -0.2) is 0 Å². The van der Waals surface area contributed by atoms with E-state index in [-0.39, 0.29) is 11.4 Å². The van der Waals surface area contributed by atoms with E-state index in [4.69, 9.17) is 5.11 Å². The average molecular weight is 278 g/mol. The Morgan fingerprint density at radius 3 is 2.10 bits per heavy atom. The normalized spacial score (nSPS) is 10.8. The van der Waals surface area contributed by atoms with Gasteiger partial charge in [-0.05, 0) is 45.0 Å². The number of carbonyl (C=O) groups excluding carboxylic acids is 2. The molecular weight excluding hydrogens is 260 g/mol. The Kier molecular flexibility index (Phi) is 4.85. The van der Waals surface area contributed by atoms with Crippen LogP contribution in [0.5, 0.6) is 0 Å². The van der Waals surface area contributed by atoms with Gasteiger partial charge in [-0.1, -0.05) is 0 Å². The fraction of sp³-hybridized carbons (Fsp3) is 0.357. The van der Waals surface area contributed by atoms with Gasteiger partial charge < -0.3 is 15.7 Å². The van der Waals surface area contributed by atoms with Crippen LogP contribution in [0.3, 0.4) is 0 Å². The molecule has 0 spiro atoms. The Balaban J connectivity index is 2.67. The molecule has 0 bridgehead atoms. The Hall–Kier alpha value is -2.37. The number of aliphatic carboxylic acids is 1. The minimum atomic E-state index is -1.19. The topological polar surface area (TPSA) is 95.5 Å². The van der Waals surface area contributed by atoms with Crippen LogP contribution in [0.25, 0.3) is 0 Å². The van der Waals surface area contributed by atoms with Crippen molar-refractivity contribution in [1.82, 2.24) is 5.32 Å². The van der Waals surface area contributed by atoms with Crippen LogP contribution in [0.15, 0.2) is 24.3 Å². The van der Waals surface area contributed by atoms with Crippen molar-refractivity contribution in [3.8, 4) is 0 Å². The summed E-state index contributed by atoms with van der Waals surface area (Å²) in [5.41, 5.74) is 0.588. The maximum atomic E-state index is 11.9. The highest BCUT2D eigenvalue weighted by atomic mass is 16.4. The quantitative estimate of drug-likeness (QED) is 0.729. The molecule has 3 N–H and O–H groups in total. The summed E-state index contributed by atoms with van der Waals surface area (Å²) in [6.07, 6.45) is -0.591. The Labute approximate surface area is 117 Å². The molecule has 1 aromatic carbocycles. The van der Waals surface area contributed by atoms with Gasteiger partial charge >= 0.3 is 5.97 Å². The van der Waals surface area contributed by atoms with E-state index in [1.165, 1.54) is 0 Å². The van der Waals surface area contributed by atoms with Crippen molar-refractivity contribution in [3.05, 3.63) is 29.8 Å². The van der Waals surface area contributed by atoms with Gasteiger partial charge in [0, 0.05) is 16.8 Å². The van der Waals surface area contributed by atoms with E-state index in [1.807, 2.05) is 20.8 Å². The second-order valence-electron chi connectivity index (χ2n) is 5.40. The first-order valence-electron chi connectivity index (χ1n) is 6.11. The molecule has 0 heterocycles. The van der Waals surface area contributed by atoms with Gasteiger partial charge in [0.2, 0.25) is 5.91 Å². The maximum Gasteiger partial charge on any atom is 0.312 e. The molecule has 0 aliphatic heterocycles. The molecule has 6 heteroatoms. The van der Waals surface area contributed by atoms with E-state index in [0.29, 0.717) is 11.3 Å². The second-order valence-corrected chi connectivity index (χ2v) is 5.40. The van der Waals surface area contributed by atoms with Crippen LogP contribution in [0.1, 0.15) is 37.6 Å². The molecule has 0 saturated carbocycles. The SMILES string of the molecule is CC(C)(C)NC(=O)c1ccc(NC(=O)CC(=O)O)cc1. The van der Waals surface area contributed by atoms with Crippen LogP contribution in [0.4, 0.5) is 5.69 Å². The first kappa shape index (κ1) is 15.7. The molecule has 6 nitrogen and oxygen atoms in total. The number of carboxylic acids is 1. The highest BCUT2D eigenvalue weighted by molar-refractivity contribution is 6.01. The lowest BCUT2D eigenvalue weighted by atomic mass is 10.1. The van der Waals surface area contributed by atoms with E-state index in [0.717, 1.165) is 0 Å². The zero-order chi connectivity index (χ0) is 15.3. The van der Waals surface area contributed by atoms with Crippen LogP contribution in [-0.4, -0.2) is 28.4 Å². The molecule has 1 aromatic rings. The molecule has 0 aromatic heterocycles. The molecule has 0 aliphatic rings. The van der Waals surface area contributed by atoms with Crippen LogP contribution in [0, 0.1) is 0 Å². The van der Waals surface area contributed by atoms with Gasteiger partial charge in [0.25, 0.3) is 5.91 Å². The zero-order valence-corrected chi connectivity index (χ0v) is 11.7. The number of anilines is 1. The number of carboxylic acid groups (broad SMARTS) is 1. The molecule has 0 unspecified atom stereocenters. The molecule has 0 aliphatic carbocycles. The largest absolute Gasteiger partial charge is 0.481 e. The standard InChI is InChI=1S/C14H18N2O4/c1-14(2,3)16-13(20)9-4-6-10(7-5-9)15-11(17)8-12(18)19/h4-7H,8H2,1-3H3,(H,15,17)(H,16,20)(H,18,19). The Morgan fingerprint density at radius 1 is 1.10 bits per heavy atom. The van der Waals surface area contributed by atoms with Crippen molar-refractivity contribution in [2.75, 3.05) is 5.32 Å². The lowest BCUT2D eigenvalue weighted by molar-refractivity contribution is -0.139. The maximum absolute atomic E-state index is 11.9. The minimum Gasteiger partial charge on any atom is -0.481 e. The number of rotatable bonds is 4. The molecule has 0 fully saturated rings. The van der Waals surface area contributed by atoms with E-state index in [2.05, 4.69) is 10.6 Å². The summed E-state index contributed by atoms with van der Waals surface area (Å²) in [7, 11) is 0. The smallest absolute Gasteiger partial charge is 0.312 e. The van der Waals surface area contributed by atoms with Gasteiger partial charge in [-0.3, -0.25) is 14.4 Å². The highest BCUT2D eigenvalue weighted by Crippen LogP contribution is 2.11. The van der Waals surface area contributed by atoms with Crippen LogP contribution >= 0.6 is 0 Å². The van der Waals surface area contributed by atoms with Crippen molar-refractivity contribution in [2.24, 2.45) is 0 Å². The number of benzene rings is 1. The summed E-state index contributed by atoms with van der Waals surface area (Å²) >= 11 is 0. The summed E-state index contributed by atoms with van der Waals surface area (Å²) < 4.78 is 0. The third-order valence-corrected chi connectivity index (χ3v) is 2.23. The van der Waals surface area contributed by atoms with Crippen LogP contribution in [0.2, 0.25) is 0 Å². The lowest BCUT2D eigenvalue weighted by Crippen LogP contribution is -2.40. The van der Waals surface area contributed by atoms with Gasteiger partial charge in [-0.15, -0.1) is 0 Å². The average Bonchev–Trinajstić information content (AvgIpc) is 2.26. The predicted octanol–water partition coefficient (Wildman–Crippen LogP) is 1.63. The highest BCUT2D eigenvalue weighted by Gasteiger charge is 2.15. The molecule has 1 rings (SSSR count). The summed E-state index contributed by atoms with van der Waals surface area (Å²) in [5, 5.41) is 13.7. The Bertz CT molecular complexity index is 515. The Morgan fingerprint density at radius 2 is 1.65 bits per heavy atom. The van der Waals surface area contributed by atoms with E-state index < -0.39 is 18.3 Å². The molecule has 0 radical (unpaired) electrons. The first-order chi connectivity index (χ1) is 9.17. The fourth-order valence-corrected chi connectivity index (χ4v) is 1.46. The molecule has 0 saturated heterocycles. The molecule has 20 heavy (non-hydrogen) atoms. The molecule has 2 amide bonds. The van der Waals surface area contributed by atoms with Crippen molar-refractivity contribution in [2.45, 2.75) is 32.7 Å². The van der Waals surface area contributed by atoms with E-state index in [9.17, 15) is 14.4 Å². The zero-order valence-electron chi connectivity index (χ0n) is 11.7. The third kappa shape index (κ3) is 5.51. The monoisotopic (exact) mass is 278 g/mol. The molecular formula is C14H18N2O4. The van der Waals surface area contributed by atoms with Crippen molar-refractivity contribution < 1.29 is 19.5 Å². The number of hydrogen-bond acceptors (Lipinski definition) is 3. The minimum absolute atomic E-state index is 0.207. The number of hydrogen-bond donors (Lipinski definition) is 3. The molecule has 0 atom stereocenters. The molecule has 108 valence electrons. The van der Waals surface area contributed by atoms with Crippen molar-refractivity contribution in [3.63, 3.8) is 0 Å². The second kappa shape index (κ2) is 6.18. The summed E-state index contributed by atoms with van der Waals surface area (Å²) in [4.78, 5) is 33.5. The third-order valence-electron chi connectivity index (χ3n) is 2.23. The van der Waals surface area contributed by atoms with Gasteiger partial charge in [0.1, 0.15) is 6.42 Å². The summed E-state index contributed by atoms with van der Waals surface area (Å²) in [6.45, 7) is 5.64. The lowest BCUT2D eigenvalue weighted by Gasteiger charge is -2.20. The number of amides is 2. The van der Waals surface area contributed by atoms with E-state index >= 15 is 0 Å². The number of nitrogens with one attached hydrogen (secondary N) is 2. The van der Waals surface area contributed by atoms with Crippen molar-refractivity contribution in [1.29, 1.82) is 0 Å². The predicted molar refractivity (Wildman–Crippen MR) is 74.5 cm³/mol. The fourth-order valence-electron chi connectivity index (χ4n) is 1.46. The van der Waals surface area contributed by atoms with E-state index in [1.54, 1.807) is 24.3 Å². The van der Waals surface area contributed by atoms with Crippen LogP contribution in [-0.2, 0) is 9.59 Å². The first-order valence-corrected chi connectivity index (χ1v) is 6.11. The van der Waals surface area contributed by atoms with Gasteiger partial charge in [0.05, 0.1) is 0 Å². The van der Waals surface area contributed by atoms with Crippen LogP contribution < -0.4 is 10.6 Å². The summed E-state index contributed by atoms with van der Waals surface area (Å²) in [6, 6.07) is 6.24.